The van der Waals surface area contributed by atoms with Crippen molar-refractivity contribution in [2.24, 2.45) is 4.99 Å². The zero-order valence-corrected chi connectivity index (χ0v) is 16.2. The van der Waals surface area contributed by atoms with E-state index in [0.717, 1.165) is 5.65 Å². The zero-order valence-electron chi connectivity index (χ0n) is 13.9. The quantitative estimate of drug-likeness (QED) is 0.283. The minimum Gasteiger partial charge on any atom is -0.357 e. The van der Waals surface area contributed by atoms with E-state index in [4.69, 9.17) is 0 Å². The Morgan fingerprint density at radius 3 is 2.72 bits per heavy atom. The molecule has 0 saturated carbocycles. The van der Waals surface area contributed by atoms with Gasteiger partial charge >= 0.3 is 6.18 Å². The number of hydrogen-bond donors (Lipinski definition) is 2. The minimum absolute atomic E-state index is 0. The van der Waals surface area contributed by atoms with E-state index in [0.29, 0.717) is 37.8 Å². The fourth-order valence-corrected chi connectivity index (χ4v) is 2.15. The van der Waals surface area contributed by atoms with Crippen molar-refractivity contribution in [3.05, 3.63) is 30.2 Å². The molecule has 140 valence electrons. The molecule has 0 aromatic carbocycles. The number of aromatic nitrogens is 3. The Morgan fingerprint density at radius 2 is 2.00 bits per heavy atom. The number of hydrogen-bond acceptors (Lipinski definition) is 3. The van der Waals surface area contributed by atoms with Gasteiger partial charge in [0.2, 0.25) is 0 Å². The van der Waals surface area contributed by atoms with E-state index in [1.807, 2.05) is 35.7 Å². The number of alkyl halides is 3. The third-order valence-electron chi connectivity index (χ3n) is 3.29. The van der Waals surface area contributed by atoms with Gasteiger partial charge in [-0.15, -0.1) is 34.2 Å². The van der Waals surface area contributed by atoms with Crippen molar-refractivity contribution in [1.29, 1.82) is 0 Å². The molecule has 2 aromatic heterocycles. The molecule has 0 amide bonds. The second kappa shape index (κ2) is 10.4. The molecule has 10 heteroatoms. The van der Waals surface area contributed by atoms with Crippen molar-refractivity contribution in [3.63, 3.8) is 0 Å². The predicted octanol–water partition coefficient (Wildman–Crippen LogP) is 3.14. The lowest BCUT2D eigenvalue weighted by Gasteiger charge is -2.11. The van der Waals surface area contributed by atoms with Crippen LogP contribution in [0.4, 0.5) is 13.2 Å². The van der Waals surface area contributed by atoms with E-state index in [1.54, 1.807) is 0 Å². The Bertz CT molecular complexity index is 671. The molecule has 25 heavy (non-hydrogen) atoms. The van der Waals surface area contributed by atoms with Crippen molar-refractivity contribution in [2.75, 3.05) is 13.1 Å². The van der Waals surface area contributed by atoms with Crippen molar-refractivity contribution in [1.82, 2.24) is 25.2 Å². The van der Waals surface area contributed by atoms with Crippen LogP contribution < -0.4 is 10.6 Å². The van der Waals surface area contributed by atoms with E-state index < -0.39 is 12.6 Å². The Balaban J connectivity index is 0.00000312. The molecule has 0 aliphatic heterocycles. The summed E-state index contributed by atoms with van der Waals surface area (Å²) in [6.07, 6.45) is -2.46. The van der Waals surface area contributed by atoms with Gasteiger partial charge in [-0.3, -0.25) is 4.40 Å². The lowest BCUT2D eigenvalue weighted by atomic mass is 10.2. The van der Waals surface area contributed by atoms with Crippen molar-refractivity contribution >= 4 is 35.6 Å². The molecule has 0 aliphatic carbocycles. The van der Waals surface area contributed by atoms with Crippen LogP contribution in [0.15, 0.2) is 29.4 Å². The molecule has 2 N–H and O–H groups in total. The average molecular weight is 470 g/mol. The lowest BCUT2D eigenvalue weighted by Crippen LogP contribution is -2.37. The van der Waals surface area contributed by atoms with Gasteiger partial charge in [0.1, 0.15) is 6.54 Å². The van der Waals surface area contributed by atoms with Crippen LogP contribution in [0.3, 0.4) is 0 Å². The lowest BCUT2D eigenvalue weighted by molar-refractivity contribution is -0.135. The van der Waals surface area contributed by atoms with E-state index in [9.17, 15) is 13.2 Å². The van der Waals surface area contributed by atoms with E-state index in [1.165, 1.54) is 0 Å². The summed E-state index contributed by atoms with van der Waals surface area (Å²) in [5.74, 6) is 1.25. The minimum atomic E-state index is -4.09. The number of nitrogens with zero attached hydrogens (tertiary/aromatic N) is 4. The van der Waals surface area contributed by atoms with Crippen LogP contribution in [0.25, 0.3) is 5.65 Å². The van der Waals surface area contributed by atoms with Gasteiger partial charge in [-0.05, 0) is 31.9 Å². The number of pyridine rings is 1. The number of aliphatic imine (C=N–C) groups is 1. The highest BCUT2D eigenvalue weighted by atomic mass is 127. The van der Waals surface area contributed by atoms with Gasteiger partial charge in [0.05, 0.1) is 0 Å². The van der Waals surface area contributed by atoms with Gasteiger partial charge in [-0.1, -0.05) is 6.07 Å². The first-order valence-corrected chi connectivity index (χ1v) is 7.87. The molecule has 0 aliphatic rings. The molecular weight excluding hydrogens is 448 g/mol. The smallest absolute Gasteiger partial charge is 0.357 e. The summed E-state index contributed by atoms with van der Waals surface area (Å²) < 4.78 is 38.1. The average Bonchev–Trinajstić information content (AvgIpc) is 2.94. The normalized spacial score (nSPS) is 12.1. The molecule has 2 aromatic rings. The highest BCUT2D eigenvalue weighted by molar-refractivity contribution is 14.0. The summed E-state index contributed by atoms with van der Waals surface area (Å²) in [6.45, 7) is 3.34. The predicted molar refractivity (Wildman–Crippen MR) is 101 cm³/mol. The number of rotatable bonds is 7. The topological polar surface area (TPSA) is 66.6 Å². The summed E-state index contributed by atoms with van der Waals surface area (Å²) in [5, 5.41) is 14.2. The van der Waals surface area contributed by atoms with Crippen molar-refractivity contribution < 1.29 is 13.2 Å². The maximum atomic E-state index is 12.1. The molecule has 2 heterocycles. The van der Waals surface area contributed by atoms with E-state index in [2.05, 4.69) is 25.8 Å². The summed E-state index contributed by atoms with van der Waals surface area (Å²) in [6, 6.07) is 5.61. The molecule has 0 unspecified atom stereocenters. The Kier molecular flexibility index (Phi) is 8.93. The largest absolute Gasteiger partial charge is 0.389 e. The van der Waals surface area contributed by atoms with Gasteiger partial charge < -0.3 is 10.6 Å². The fraction of sp³-hybridized carbons (Fsp3) is 0.533. The standard InChI is InChI=1S/C15H21F3N6.HI/c1-2-19-14(20-9-5-4-8-15(16,17)18)21-11-13-23-22-12-7-3-6-10-24(12)13;/h3,6-7,10H,2,4-5,8-9,11H2,1H3,(H2,19,20,21);1H. The molecule has 0 atom stereocenters. The second-order valence-electron chi connectivity index (χ2n) is 5.24. The maximum absolute atomic E-state index is 12.1. The van der Waals surface area contributed by atoms with Crippen LogP contribution in [-0.2, 0) is 6.54 Å². The van der Waals surface area contributed by atoms with Crippen LogP contribution in [0.2, 0.25) is 0 Å². The Morgan fingerprint density at radius 1 is 1.20 bits per heavy atom. The van der Waals surface area contributed by atoms with E-state index >= 15 is 0 Å². The third kappa shape index (κ3) is 7.45. The first kappa shape index (κ1) is 21.5. The molecule has 0 radical (unpaired) electrons. The summed E-state index contributed by atoms with van der Waals surface area (Å²) in [5.41, 5.74) is 0.743. The number of nitrogens with one attached hydrogen (secondary N) is 2. The number of guanidine groups is 1. The van der Waals surface area contributed by atoms with Crippen LogP contribution in [0, 0.1) is 0 Å². The van der Waals surface area contributed by atoms with Crippen LogP contribution in [-0.4, -0.2) is 39.8 Å². The highest BCUT2D eigenvalue weighted by Crippen LogP contribution is 2.21. The van der Waals surface area contributed by atoms with Crippen molar-refractivity contribution in [3.8, 4) is 0 Å². The van der Waals surface area contributed by atoms with Crippen LogP contribution >= 0.6 is 24.0 Å². The van der Waals surface area contributed by atoms with Crippen molar-refractivity contribution in [2.45, 2.75) is 38.9 Å². The van der Waals surface area contributed by atoms with Gasteiger partial charge in [0.15, 0.2) is 17.4 Å². The number of fused-ring (bicyclic) bond motifs is 1. The third-order valence-corrected chi connectivity index (χ3v) is 3.29. The van der Waals surface area contributed by atoms with Crippen LogP contribution in [0.5, 0.6) is 0 Å². The Labute approximate surface area is 161 Å². The number of unbranched alkanes of at least 4 members (excludes halogenated alkanes) is 1. The first-order valence-electron chi connectivity index (χ1n) is 7.87. The molecule has 6 nitrogen and oxygen atoms in total. The van der Waals surface area contributed by atoms with Gasteiger partial charge in [-0.2, -0.15) is 13.2 Å². The SMILES string of the molecule is CCNC(=NCc1nnc2ccccn12)NCCCCC(F)(F)F.I. The first-order chi connectivity index (χ1) is 11.5. The monoisotopic (exact) mass is 470 g/mol. The molecular formula is C15H22F3IN6. The van der Waals surface area contributed by atoms with E-state index in [-0.39, 0.29) is 30.4 Å². The number of halogens is 4. The highest BCUT2D eigenvalue weighted by Gasteiger charge is 2.25. The summed E-state index contributed by atoms with van der Waals surface area (Å²) in [4.78, 5) is 4.40. The molecule has 0 saturated heterocycles. The molecule has 2 rings (SSSR count). The molecule has 0 spiro atoms. The van der Waals surface area contributed by atoms with Gasteiger partial charge in [0, 0.05) is 25.7 Å². The molecule has 0 bridgehead atoms. The summed E-state index contributed by atoms with van der Waals surface area (Å²) in [7, 11) is 0. The fourth-order valence-electron chi connectivity index (χ4n) is 2.15. The Hall–Kier alpha value is -1.59. The maximum Gasteiger partial charge on any atom is 0.389 e. The van der Waals surface area contributed by atoms with Gasteiger partial charge in [0.25, 0.3) is 0 Å². The van der Waals surface area contributed by atoms with Gasteiger partial charge in [-0.25, -0.2) is 4.99 Å². The zero-order chi connectivity index (χ0) is 17.4. The summed E-state index contributed by atoms with van der Waals surface area (Å²) >= 11 is 0. The molecule has 0 fully saturated rings. The van der Waals surface area contributed by atoms with Crippen LogP contribution in [0.1, 0.15) is 32.0 Å². The second-order valence-corrected chi connectivity index (χ2v) is 5.24.